The van der Waals surface area contributed by atoms with Gasteiger partial charge >= 0.3 is 0 Å². The standard InChI is InChI=1S/C15H21N5O2.HI/c1-4-16-15(18-10-14-19-11(2)20-22-14)17-9-12-6-5-7-13(8-12)21-3;/h5-8H,4,9-10H2,1-3H3,(H2,16,17,18);1H. The van der Waals surface area contributed by atoms with E-state index in [9.17, 15) is 0 Å². The normalized spacial score (nSPS) is 10.8. The smallest absolute Gasteiger partial charge is 0.246 e. The van der Waals surface area contributed by atoms with Crippen molar-refractivity contribution in [2.24, 2.45) is 4.99 Å². The minimum atomic E-state index is 0. The molecule has 1 aromatic carbocycles. The van der Waals surface area contributed by atoms with Crippen LogP contribution >= 0.6 is 24.0 Å². The lowest BCUT2D eigenvalue weighted by Gasteiger charge is -2.09. The highest BCUT2D eigenvalue weighted by molar-refractivity contribution is 14.0. The second kappa shape index (κ2) is 10.0. The van der Waals surface area contributed by atoms with E-state index in [2.05, 4.69) is 25.8 Å². The second-order valence-corrected chi connectivity index (χ2v) is 4.64. The molecule has 0 amide bonds. The molecule has 1 aromatic heterocycles. The molecule has 8 heteroatoms. The van der Waals surface area contributed by atoms with Crippen LogP contribution in [0.15, 0.2) is 33.8 Å². The van der Waals surface area contributed by atoms with Crippen molar-refractivity contribution in [1.29, 1.82) is 0 Å². The molecule has 2 rings (SSSR count). The summed E-state index contributed by atoms with van der Waals surface area (Å²) in [5.74, 6) is 2.67. The van der Waals surface area contributed by atoms with Gasteiger partial charge in [-0.15, -0.1) is 24.0 Å². The molecule has 2 N–H and O–H groups in total. The Balaban J connectivity index is 0.00000264. The molecule has 0 atom stereocenters. The minimum absolute atomic E-state index is 0. The molecule has 2 aromatic rings. The number of guanidine groups is 1. The van der Waals surface area contributed by atoms with Gasteiger partial charge in [0.15, 0.2) is 11.8 Å². The molecular formula is C15H22IN5O2. The molecule has 0 spiro atoms. The topological polar surface area (TPSA) is 84.6 Å². The zero-order valence-electron chi connectivity index (χ0n) is 13.5. The molecule has 0 fully saturated rings. The van der Waals surface area contributed by atoms with Crippen LogP contribution in [0.25, 0.3) is 0 Å². The number of rotatable bonds is 6. The molecule has 126 valence electrons. The Kier molecular flexibility index (Phi) is 8.38. The molecule has 0 bridgehead atoms. The van der Waals surface area contributed by atoms with Crippen LogP contribution < -0.4 is 15.4 Å². The maximum absolute atomic E-state index is 5.21. The van der Waals surface area contributed by atoms with Crippen molar-refractivity contribution in [3.8, 4) is 5.75 Å². The molecule has 0 unspecified atom stereocenters. The number of hydrogen-bond donors (Lipinski definition) is 2. The van der Waals surface area contributed by atoms with Crippen LogP contribution in [0.1, 0.15) is 24.2 Å². The highest BCUT2D eigenvalue weighted by Gasteiger charge is 2.04. The number of hydrogen-bond acceptors (Lipinski definition) is 5. The van der Waals surface area contributed by atoms with Gasteiger partial charge < -0.3 is 19.9 Å². The van der Waals surface area contributed by atoms with E-state index in [0.717, 1.165) is 17.9 Å². The van der Waals surface area contributed by atoms with E-state index in [4.69, 9.17) is 9.26 Å². The number of aryl methyl sites for hydroxylation is 1. The Labute approximate surface area is 152 Å². The number of aliphatic imine (C=N–C) groups is 1. The third-order valence-electron chi connectivity index (χ3n) is 2.87. The molecule has 7 nitrogen and oxygen atoms in total. The zero-order chi connectivity index (χ0) is 15.8. The number of benzene rings is 1. The highest BCUT2D eigenvalue weighted by Crippen LogP contribution is 2.13. The second-order valence-electron chi connectivity index (χ2n) is 4.64. The van der Waals surface area contributed by atoms with Crippen LogP contribution in [0, 0.1) is 6.92 Å². The Morgan fingerprint density at radius 2 is 2.17 bits per heavy atom. The highest BCUT2D eigenvalue weighted by atomic mass is 127. The van der Waals surface area contributed by atoms with Gasteiger partial charge in [0.25, 0.3) is 0 Å². The van der Waals surface area contributed by atoms with E-state index >= 15 is 0 Å². The first-order valence-corrected chi connectivity index (χ1v) is 7.15. The number of aromatic nitrogens is 2. The van der Waals surface area contributed by atoms with Gasteiger partial charge in [0.2, 0.25) is 5.89 Å². The average molecular weight is 431 g/mol. The summed E-state index contributed by atoms with van der Waals surface area (Å²) in [7, 11) is 1.65. The van der Waals surface area contributed by atoms with Crippen molar-refractivity contribution in [3.05, 3.63) is 41.5 Å². The number of nitrogens with one attached hydrogen (secondary N) is 2. The van der Waals surface area contributed by atoms with Gasteiger partial charge in [0, 0.05) is 6.54 Å². The fourth-order valence-corrected chi connectivity index (χ4v) is 1.85. The fourth-order valence-electron chi connectivity index (χ4n) is 1.85. The first-order chi connectivity index (χ1) is 10.7. The number of halogens is 1. The largest absolute Gasteiger partial charge is 0.497 e. The molecule has 0 saturated heterocycles. The van der Waals surface area contributed by atoms with Gasteiger partial charge in [-0.3, -0.25) is 0 Å². The van der Waals surface area contributed by atoms with E-state index in [-0.39, 0.29) is 24.0 Å². The third-order valence-corrected chi connectivity index (χ3v) is 2.87. The Bertz CT molecular complexity index is 630. The van der Waals surface area contributed by atoms with Gasteiger partial charge in [-0.2, -0.15) is 4.98 Å². The monoisotopic (exact) mass is 431 g/mol. The molecule has 1 heterocycles. The average Bonchev–Trinajstić information content (AvgIpc) is 2.96. The third kappa shape index (κ3) is 6.43. The lowest BCUT2D eigenvalue weighted by molar-refractivity contribution is 0.371. The van der Waals surface area contributed by atoms with E-state index < -0.39 is 0 Å². The van der Waals surface area contributed by atoms with Crippen molar-refractivity contribution in [3.63, 3.8) is 0 Å². The molecule has 0 aliphatic heterocycles. The summed E-state index contributed by atoms with van der Waals surface area (Å²) >= 11 is 0. The van der Waals surface area contributed by atoms with Crippen LogP contribution in [0.4, 0.5) is 0 Å². The quantitative estimate of drug-likeness (QED) is 0.415. The summed E-state index contributed by atoms with van der Waals surface area (Å²) in [6, 6.07) is 7.84. The van der Waals surface area contributed by atoms with Crippen LogP contribution in [-0.2, 0) is 13.1 Å². The van der Waals surface area contributed by atoms with E-state index in [1.54, 1.807) is 14.0 Å². The van der Waals surface area contributed by atoms with Crippen LogP contribution in [0.5, 0.6) is 5.75 Å². The van der Waals surface area contributed by atoms with Gasteiger partial charge in [-0.05, 0) is 31.5 Å². The van der Waals surface area contributed by atoms with E-state index in [1.165, 1.54) is 0 Å². The fraction of sp³-hybridized carbons (Fsp3) is 0.400. The van der Waals surface area contributed by atoms with Gasteiger partial charge in [0.1, 0.15) is 5.75 Å². The molecular weight excluding hydrogens is 409 g/mol. The van der Waals surface area contributed by atoms with Crippen molar-refractivity contribution in [2.45, 2.75) is 26.9 Å². The summed E-state index contributed by atoms with van der Waals surface area (Å²) in [6.45, 7) is 5.56. The summed E-state index contributed by atoms with van der Waals surface area (Å²) in [4.78, 5) is 8.67. The predicted molar refractivity (Wildman–Crippen MR) is 99.1 cm³/mol. The van der Waals surface area contributed by atoms with Crippen molar-refractivity contribution >= 4 is 29.9 Å². The Morgan fingerprint density at radius 3 is 2.83 bits per heavy atom. The van der Waals surface area contributed by atoms with Crippen LogP contribution in [0.3, 0.4) is 0 Å². The van der Waals surface area contributed by atoms with E-state index in [0.29, 0.717) is 30.8 Å². The first kappa shape index (κ1) is 19.2. The molecule has 23 heavy (non-hydrogen) atoms. The molecule has 0 aliphatic rings. The van der Waals surface area contributed by atoms with Crippen molar-refractivity contribution < 1.29 is 9.26 Å². The number of nitrogens with zero attached hydrogens (tertiary/aromatic N) is 3. The lowest BCUT2D eigenvalue weighted by Crippen LogP contribution is -2.36. The maximum Gasteiger partial charge on any atom is 0.246 e. The molecule has 0 radical (unpaired) electrons. The maximum atomic E-state index is 5.21. The molecule has 0 aliphatic carbocycles. The van der Waals surface area contributed by atoms with Gasteiger partial charge in [0.05, 0.1) is 20.2 Å². The summed E-state index contributed by atoms with van der Waals surface area (Å²) in [5.41, 5.74) is 1.07. The molecule has 0 saturated carbocycles. The predicted octanol–water partition coefficient (Wildman–Crippen LogP) is 2.26. The number of methoxy groups -OCH3 is 1. The Morgan fingerprint density at radius 1 is 1.35 bits per heavy atom. The van der Waals surface area contributed by atoms with Crippen molar-refractivity contribution in [2.75, 3.05) is 13.7 Å². The SMILES string of the molecule is CCNC(=NCc1cccc(OC)c1)NCc1nc(C)no1.I. The first-order valence-electron chi connectivity index (χ1n) is 7.15. The van der Waals surface area contributed by atoms with E-state index in [1.807, 2.05) is 31.2 Å². The van der Waals surface area contributed by atoms with Gasteiger partial charge in [-0.25, -0.2) is 4.99 Å². The number of ether oxygens (including phenoxy) is 1. The zero-order valence-corrected chi connectivity index (χ0v) is 15.8. The van der Waals surface area contributed by atoms with Gasteiger partial charge in [-0.1, -0.05) is 17.3 Å². The van der Waals surface area contributed by atoms with Crippen LogP contribution in [0.2, 0.25) is 0 Å². The van der Waals surface area contributed by atoms with Crippen molar-refractivity contribution in [1.82, 2.24) is 20.8 Å². The summed E-state index contributed by atoms with van der Waals surface area (Å²) in [5, 5.41) is 10.1. The summed E-state index contributed by atoms with van der Waals surface area (Å²) < 4.78 is 10.3. The Hall–Kier alpha value is -1.84. The minimum Gasteiger partial charge on any atom is -0.497 e. The summed E-state index contributed by atoms with van der Waals surface area (Å²) in [6.07, 6.45) is 0. The van der Waals surface area contributed by atoms with Crippen LogP contribution in [-0.4, -0.2) is 29.8 Å². The lowest BCUT2D eigenvalue weighted by atomic mass is 10.2.